The number of benzene rings is 2. The van der Waals surface area contributed by atoms with Crippen LogP contribution in [0.3, 0.4) is 0 Å². The Morgan fingerprint density at radius 1 is 1.19 bits per heavy atom. The molecule has 2 aromatic rings. The SMILES string of the molecule is CCOC(=O)[C@H]1[C@H](c2ccccc2)CC(=O)N1NC(=O)c1cccc(Br)c1. The second-order valence-electron chi connectivity index (χ2n) is 6.13. The van der Waals surface area contributed by atoms with E-state index in [4.69, 9.17) is 4.74 Å². The largest absolute Gasteiger partial charge is 0.464 e. The number of esters is 1. The molecule has 2 atom stereocenters. The first-order valence-electron chi connectivity index (χ1n) is 8.61. The van der Waals surface area contributed by atoms with Gasteiger partial charge < -0.3 is 4.74 Å². The van der Waals surface area contributed by atoms with Crippen LogP contribution in [0.5, 0.6) is 0 Å². The Balaban J connectivity index is 1.88. The summed E-state index contributed by atoms with van der Waals surface area (Å²) in [5.74, 6) is -1.72. The summed E-state index contributed by atoms with van der Waals surface area (Å²) in [6.07, 6.45) is 0.117. The van der Waals surface area contributed by atoms with E-state index in [1.165, 1.54) is 0 Å². The molecule has 1 N–H and O–H groups in total. The van der Waals surface area contributed by atoms with Crippen LogP contribution in [0.4, 0.5) is 0 Å². The maximum Gasteiger partial charge on any atom is 0.331 e. The average Bonchev–Trinajstić information content (AvgIpc) is 2.99. The predicted molar refractivity (Wildman–Crippen MR) is 103 cm³/mol. The van der Waals surface area contributed by atoms with Crippen LogP contribution in [-0.4, -0.2) is 35.4 Å². The summed E-state index contributed by atoms with van der Waals surface area (Å²) >= 11 is 3.32. The van der Waals surface area contributed by atoms with Crippen LogP contribution >= 0.6 is 15.9 Å². The number of nitrogens with zero attached hydrogens (tertiary/aromatic N) is 1. The third-order valence-electron chi connectivity index (χ3n) is 4.39. The molecule has 0 saturated carbocycles. The Morgan fingerprint density at radius 3 is 2.59 bits per heavy atom. The summed E-state index contributed by atoms with van der Waals surface area (Å²) in [6, 6.07) is 15.2. The number of amides is 2. The molecule has 2 aromatic carbocycles. The second-order valence-corrected chi connectivity index (χ2v) is 7.05. The highest BCUT2D eigenvalue weighted by Gasteiger charge is 2.47. The molecule has 0 bridgehead atoms. The van der Waals surface area contributed by atoms with Crippen LogP contribution in [0.1, 0.15) is 35.2 Å². The number of nitrogens with one attached hydrogen (secondary N) is 1. The van der Waals surface area contributed by atoms with Gasteiger partial charge in [-0.2, -0.15) is 0 Å². The molecule has 0 aliphatic carbocycles. The zero-order valence-corrected chi connectivity index (χ0v) is 16.3. The lowest BCUT2D eigenvalue weighted by Crippen LogP contribution is -2.52. The van der Waals surface area contributed by atoms with Crippen molar-refractivity contribution in [2.24, 2.45) is 0 Å². The summed E-state index contributed by atoms with van der Waals surface area (Å²) in [5.41, 5.74) is 3.81. The molecule has 0 radical (unpaired) electrons. The van der Waals surface area contributed by atoms with Crippen LogP contribution in [0.25, 0.3) is 0 Å². The number of rotatable bonds is 5. The summed E-state index contributed by atoms with van der Waals surface area (Å²) in [7, 11) is 0. The highest BCUT2D eigenvalue weighted by molar-refractivity contribution is 9.10. The van der Waals surface area contributed by atoms with Crippen molar-refractivity contribution in [3.05, 3.63) is 70.2 Å². The Morgan fingerprint density at radius 2 is 1.93 bits per heavy atom. The summed E-state index contributed by atoms with van der Waals surface area (Å²) in [5, 5.41) is 1.11. The topological polar surface area (TPSA) is 75.7 Å². The van der Waals surface area contributed by atoms with Crippen molar-refractivity contribution in [3.8, 4) is 0 Å². The van der Waals surface area contributed by atoms with Gasteiger partial charge in [0.25, 0.3) is 5.91 Å². The van der Waals surface area contributed by atoms with Crippen LogP contribution in [0, 0.1) is 0 Å². The first-order chi connectivity index (χ1) is 13.0. The minimum Gasteiger partial charge on any atom is -0.464 e. The maximum atomic E-state index is 12.6. The Kier molecular flexibility index (Phi) is 5.91. The van der Waals surface area contributed by atoms with Gasteiger partial charge in [0, 0.05) is 22.4 Å². The van der Waals surface area contributed by atoms with Crippen molar-refractivity contribution in [1.82, 2.24) is 10.4 Å². The van der Waals surface area contributed by atoms with Gasteiger partial charge in [0.2, 0.25) is 5.91 Å². The fourth-order valence-corrected chi connectivity index (χ4v) is 3.57. The molecule has 140 valence electrons. The van der Waals surface area contributed by atoms with E-state index < -0.39 is 17.9 Å². The molecule has 0 spiro atoms. The number of carbonyl (C=O) groups excluding carboxylic acids is 3. The molecule has 1 heterocycles. The van der Waals surface area contributed by atoms with E-state index in [9.17, 15) is 14.4 Å². The molecule has 0 unspecified atom stereocenters. The van der Waals surface area contributed by atoms with Crippen LogP contribution in [0.2, 0.25) is 0 Å². The number of ether oxygens (including phenoxy) is 1. The van der Waals surface area contributed by atoms with E-state index in [1.54, 1.807) is 31.2 Å². The molecule has 1 saturated heterocycles. The lowest BCUT2D eigenvalue weighted by Gasteiger charge is -2.26. The highest BCUT2D eigenvalue weighted by atomic mass is 79.9. The third kappa shape index (κ3) is 4.19. The average molecular weight is 431 g/mol. The lowest BCUT2D eigenvalue weighted by atomic mass is 9.92. The highest BCUT2D eigenvalue weighted by Crippen LogP contribution is 2.34. The predicted octanol–water partition coefficient (Wildman–Crippen LogP) is 3.04. The normalized spacial score (nSPS) is 19.0. The molecule has 3 rings (SSSR count). The Hall–Kier alpha value is -2.67. The van der Waals surface area contributed by atoms with Crippen molar-refractivity contribution >= 4 is 33.7 Å². The number of hydrazine groups is 1. The minimum absolute atomic E-state index is 0.117. The van der Waals surface area contributed by atoms with Gasteiger partial charge in [0.05, 0.1) is 6.61 Å². The van der Waals surface area contributed by atoms with Crippen molar-refractivity contribution in [3.63, 3.8) is 0 Å². The minimum atomic E-state index is -0.907. The van der Waals surface area contributed by atoms with Crippen molar-refractivity contribution in [2.75, 3.05) is 6.61 Å². The second kappa shape index (κ2) is 8.35. The molecule has 1 aliphatic rings. The van der Waals surface area contributed by atoms with Crippen molar-refractivity contribution < 1.29 is 19.1 Å². The molecule has 6 nitrogen and oxygen atoms in total. The molecule has 1 fully saturated rings. The maximum absolute atomic E-state index is 12.6. The van der Waals surface area contributed by atoms with E-state index >= 15 is 0 Å². The zero-order chi connectivity index (χ0) is 19.4. The summed E-state index contributed by atoms with van der Waals surface area (Å²) < 4.78 is 5.91. The summed E-state index contributed by atoms with van der Waals surface area (Å²) in [6.45, 7) is 1.90. The third-order valence-corrected chi connectivity index (χ3v) is 4.88. The molecule has 0 aromatic heterocycles. The van der Waals surface area contributed by atoms with Crippen LogP contribution in [-0.2, 0) is 14.3 Å². The first-order valence-corrected chi connectivity index (χ1v) is 9.40. The molecular weight excluding hydrogens is 412 g/mol. The van der Waals surface area contributed by atoms with Gasteiger partial charge in [-0.15, -0.1) is 0 Å². The lowest BCUT2D eigenvalue weighted by molar-refractivity contribution is -0.153. The molecule has 7 heteroatoms. The standard InChI is InChI=1S/C20H19BrN2O4/c1-2-27-20(26)18-16(13-7-4-3-5-8-13)12-17(24)23(18)22-19(25)14-9-6-10-15(21)11-14/h3-11,16,18H,2,12H2,1H3,(H,22,25)/t16-,18+/m0/s1. The van der Waals surface area contributed by atoms with E-state index in [0.717, 1.165) is 15.0 Å². The van der Waals surface area contributed by atoms with Crippen LogP contribution < -0.4 is 5.43 Å². The quantitative estimate of drug-likeness (QED) is 0.739. The van der Waals surface area contributed by atoms with Crippen molar-refractivity contribution in [2.45, 2.75) is 25.3 Å². The van der Waals surface area contributed by atoms with Gasteiger partial charge in [0.15, 0.2) is 6.04 Å². The van der Waals surface area contributed by atoms with E-state index in [-0.39, 0.29) is 24.9 Å². The molecule has 1 aliphatic heterocycles. The van der Waals surface area contributed by atoms with Gasteiger partial charge in [-0.3, -0.25) is 15.0 Å². The van der Waals surface area contributed by atoms with Gasteiger partial charge >= 0.3 is 5.97 Å². The fraction of sp³-hybridized carbons (Fsp3) is 0.250. The number of carbonyl (C=O) groups is 3. The van der Waals surface area contributed by atoms with E-state index in [1.807, 2.05) is 30.3 Å². The number of halogens is 1. The van der Waals surface area contributed by atoms with E-state index in [2.05, 4.69) is 21.4 Å². The van der Waals surface area contributed by atoms with Gasteiger partial charge in [-0.25, -0.2) is 9.80 Å². The first kappa shape index (κ1) is 19.1. The smallest absolute Gasteiger partial charge is 0.331 e. The molecule has 27 heavy (non-hydrogen) atoms. The van der Waals surface area contributed by atoms with Gasteiger partial charge in [-0.05, 0) is 30.7 Å². The summed E-state index contributed by atoms with van der Waals surface area (Å²) in [4.78, 5) is 37.8. The van der Waals surface area contributed by atoms with Crippen molar-refractivity contribution in [1.29, 1.82) is 0 Å². The number of hydrogen-bond acceptors (Lipinski definition) is 4. The number of hydrogen-bond donors (Lipinski definition) is 1. The zero-order valence-electron chi connectivity index (χ0n) is 14.7. The molecule has 2 amide bonds. The van der Waals surface area contributed by atoms with Gasteiger partial charge in [-0.1, -0.05) is 52.3 Å². The Bertz CT molecular complexity index is 856. The monoisotopic (exact) mass is 430 g/mol. The van der Waals surface area contributed by atoms with E-state index in [0.29, 0.717) is 5.56 Å². The van der Waals surface area contributed by atoms with Crippen LogP contribution in [0.15, 0.2) is 59.1 Å². The van der Waals surface area contributed by atoms with Gasteiger partial charge in [0.1, 0.15) is 0 Å². The Labute approximate surface area is 165 Å². The fourth-order valence-electron chi connectivity index (χ4n) is 3.17. The molecular formula is C20H19BrN2O4.